The Labute approximate surface area is 276 Å². The molecule has 0 aromatic rings. The lowest BCUT2D eigenvalue weighted by Crippen LogP contribution is -2.80. The summed E-state index contributed by atoms with van der Waals surface area (Å²) in [7, 11) is 1.33. The number of carbonyl (C=O) groups is 5. The second-order valence-electron chi connectivity index (χ2n) is 15.6. The van der Waals surface area contributed by atoms with Crippen molar-refractivity contribution in [1.82, 2.24) is 0 Å². The van der Waals surface area contributed by atoms with Crippen molar-refractivity contribution >= 4 is 29.8 Å². The normalized spacial score (nSPS) is 44.4. The van der Waals surface area contributed by atoms with Crippen LogP contribution in [0.5, 0.6) is 0 Å². The van der Waals surface area contributed by atoms with Crippen molar-refractivity contribution in [3.63, 3.8) is 0 Å². The van der Waals surface area contributed by atoms with Gasteiger partial charge in [-0.05, 0) is 69.1 Å². The van der Waals surface area contributed by atoms with Crippen LogP contribution in [0.2, 0.25) is 0 Å². The molecular formula is C36H50O11. The third kappa shape index (κ3) is 4.65. The number of hydrogen-bond acceptors (Lipinski definition) is 11. The number of fused-ring (bicyclic) bond motifs is 7. The van der Waals surface area contributed by atoms with E-state index >= 15 is 0 Å². The van der Waals surface area contributed by atoms with Gasteiger partial charge in [0.2, 0.25) is 0 Å². The lowest BCUT2D eigenvalue weighted by molar-refractivity contribution is -0.336. The van der Waals surface area contributed by atoms with Gasteiger partial charge in [0.15, 0.2) is 6.10 Å². The first-order valence-electron chi connectivity index (χ1n) is 16.6. The van der Waals surface area contributed by atoms with E-state index < -0.39 is 92.7 Å². The molecule has 11 nitrogen and oxygen atoms in total. The van der Waals surface area contributed by atoms with Crippen molar-refractivity contribution < 1.29 is 52.8 Å². The lowest BCUT2D eigenvalue weighted by atomic mass is 9.29. The van der Waals surface area contributed by atoms with Gasteiger partial charge in [-0.1, -0.05) is 38.5 Å². The number of carbonyl (C=O) groups excluding carboxylic acids is 5. The zero-order valence-electron chi connectivity index (χ0n) is 29.1. The van der Waals surface area contributed by atoms with Crippen LogP contribution >= 0.6 is 0 Å². The van der Waals surface area contributed by atoms with Crippen LogP contribution in [-0.2, 0) is 47.7 Å². The summed E-state index contributed by atoms with van der Waals surface area (Å²) in [4.78, 5) is 66.0. The minimum Gasteiger partial charge on any atom is -0.468 e. The smallest absolute Gasteiger partial charge is 0.330 e. The highest BCUT2D eigenvalue weighted by molar-refractivity contribution is 5.83. The standard InChI is InChI=1S/C36H50O11/c1-20-12-13-31(6)14-16-33(8)28-27(46-23(4)38)29(47-24(5)39)34(21(2)45-22(3)37)19-44-26(40)11-10-25(34)32(28,7)15-17-35(33,30(41)43-9)36(31,42)18-20/h10-12,21,25,27-29,42H,13-19H2,1-9H3/t21-,25+,27+,28+,29+,31-,32+,33-,34-,35+,36+/m1/s1. The summed E-state index contributed by atoms with van der Waals surface area (Å²) in [5.41, 5.74) is -5.94. The van der Waals surface area contributed by atoms with E-state index in [0.29, 0.717) is 25.7 Å². The minimum atomic E-state index is -1.52. The first-order chi connectivity index (χ1) is 21.8. The molecule has 4 aliphatic carbocycles. The van der Waals surface area contributed by atoms with Crippen LogP contribution in [0, 0.1) is 38.9 Å². The van der Waals surface area contributed by atoms with Gasteiger partial charge in [-0.25, -0.2) is 4.79 Å². The monoisotopic (exact) mass is 658 g/mol. The number of ether oxygens (including phenoxy) is 5. The summed E-state index contributed by atoms with van der Waals surface area (Å²) in [6.45, 7) is 13.2. The zero-order valence-corrected chi connectivity index (χ0v) is 29.1. The van der Waals surface area contributed by atoms with Crippen molar-refractivity contribution in [2.24, 2.45) is 38.9 Å². The largest absolute Gasteiger partial charge is 0.468 e. The van der Waals surface area contributed by atoms with Gasteiger partial charge < -0.3 is 28.8 Å². The van der Waals surface area contributed by atoms with Crippen LogP contribution in [0.15, 0.2) is 23.8 Å². The van der Waals surface area contributed by atoms with E-state index in [1.807, 2.05) is 27.7 Å². The van der Waals surface area contributed by atoms with Crippen molar-refractivity contribution in [3.8, 4) is 0 Å². The van der Waals surface area contributed by atoms with Gasteiger partial charge in [0, 0.05) is 38.2 Å². The molecule has 260 valence electrons. The Balaban J connectivity index is 1.86. The second-order valence-corrected chi connectivity index (χ2v) is 15.6. The average Bonchev–Trinajstić information content (AvgIpc) is 3.15. The highest BCUT2D eigenvalue weighted by atomic mass is 16.6. The van der Waals surface area contributed by atoms with Crippen molar-refractivity contribution in [2.45, 2.75) is 118 Å². The lowest BCUT2D eigenvalue weighted by Gasteiger charge is -2.75. The average molecular weight is 659 g/mol. The van der Waals surface area contributed by atoms with Gasteiger partial charge in [-0.15, -0.1) is 0 Å². The van der Waals surface area contributed by atoms with Crippen molar-refractivity contribution in [2.75, 3.05) is 13.7 Å². The number of hydrogen-bond donors (Lipinski definition) is 1. The maximum absolute atomic E-state index is 14.5. The quantitative estimate of drug-likeness (QED) is 0.255. The van der Waals surface area contributed by atoms with E-state index in [1.165, 1.54) is 34.0 Å². The van der Waals surface area contributed by atoms with Gasteiger partial charge in [0.1, 0.15) is 24.2 Å². The Bertz CT molecular complexity index is 1430. The molecule has 0 aromatic carbocycles. The molecule has 0 unspecified atom stereocenters. The SMILES string of the molecule is COC(=O)[C@@]12CC[C@@]3(C)[C@@H]4C=CC(=O)OC[C@]4([C@@H](C)OC(C)=O)[C@@H](OC(C)=O)[C@@H](OC(C)=O)[C@@H]3[C@@]1(C)CC[C@@]1(C)CC=C(C)C[C@]12O. The summed E-state index contributed by atoms with van der Waals surface area (Å²) in [6, 6.07) is 0. The van der Waals surface area contributed by atoms with Gasteiger partial charge in [-0.2, -0.15) is 0 Å². The maximum atomic E-state index is 14.5. The van der Waals surface area contributed by atoms with E-state index in [9.17, 15) is 29.1 Å². The molecule has 3 fully saturated rings. The fourth-order valence-corrected chi connectivity index (χ4v) is 11.4. The Morgan fingerprint density at radius 2 is 1.64 bits per heavy atom. The Kier molecular flexibility index (Phi) is 8.55. The molecule has 0 radical (unpaired) electrons. The number of methoxy groups -OCH3 is 1. The van der Waals surface area contributed by atoms with Crippen LogP contribution < -0.4 is 0 Å². The van der Waals surface area contributed by atoms with Crippen LogP contribution in [0.4, 0.5) is 0 Å². The van der Waals surface area contributed by atoms with Gasteiger partial charge in [0.05, 0.1) is 18.1 Å². The predicted molar refractivity (Wildman–Crippen MR) is 167 cm³/mol. The molecule has 1 aliphatic heterocycles. The molecule has 11 heteroatoms. The topological polar surface area (TPSA) is 152 Å². The number of allylic oxidation sites excluding steroid dienone is 2. The summed E-state index contributed by atoms with van der Waals surface area (Å²) < 4.78 is 29.6. The first-order valence-corrected chi connectivity index (χ1v) is 16.6. The first kappa shape index (κ1) is 35.1. The van der Waals surface area contributed by atoms with E-state index in [4.69, 9.17) is 23.7 Å². The molecule has 1 heterocycles. The molecule has 0 amide bonds. The minimum absolute atomic E-state index is 0.241. The molecule has 5 rings (SSSR count). The number of cyclic esters (lactones) is 1. The molecular weight excluding hydrogens is 608 g/mol. The molecule has 0 aromatic heterocycles. The fraction of sp³-hybridized carbons (Fsp3) is 0.750. The van der Waals surface area contributed by atoms with Crippen LogP contribution in [0.3, 0.4) is 0 Å². The molecule has 0 spiro atoms. The number of esters is 5. The molecule has 3 saturated carbocycles. The number of aliphatic hydroxyl groups is 1. The summed E-state index contributed by atoms with van der Waals surface area (Å²) in [6.07, 6.45) is 4.28. The Morgan fingerprint density at radius 3 is 2.23 bits per heavy atom. The third-order valence-corrected chi connectivity index (χ3v) is 13.3. The summed E-state index contributed by atoms with van der Waals surface area (Å²) in [5, 5.41) is 13.2. The second kappa shape index (κ2) is 11.4. The Morgan fingerprint density at radius 1 is 0.979 bits per heavy atom. The van der Waals surface area contributed by atoms with Gasteiger partial charge in [0.25, 0.3) is 0 Å². The maximum Gasteiger partial charge on any atom is 0.330 e. The van der Waals surface area contributed by atoms with E-state index in [2.05, 4.69) is 6.08 Å². The molecule has 11 atom stereocenters. The third-order valence-electron chi connectivity index (χ3n) is 13.3. The Hall–Kier alpha value is -3.21. The molecule has 0 bridgehead atoms. The highest BCUT2D eigenvalue weighted by Gasteiger charge is 2.83. The van der Waals surface area contributed by atoms with Crippen LogP contribution in [0.25, 0.3) is 0 Å². The summed E-state index contributed by atoms with van der Waals surface area (Å²) >= 11 is 0. The van der Waals surface area contributed by atoms with Gasteiger partial charge >= 0.3 is 29.8 Å². The van der Waals surface area contributed by atoms with Gasteiger partial charge in [-0.3, -0.25) is 19.2 Å². The van der Waals surface area contributed by atoms with E-state index in [1.54, 1.807) is 13.0 Å². The van der Waals surface area contributed by atoms with Crippen LogP contribution in [-0.4, -0.2) is 72.6 Å². The highest BCUT2D eigenvalue weighted by Crippen LogP contribution is 2.78. The molecule has 5 aliphatic rings. The summed E-state index contributed by atoms with van der Waals surface area (Å²) in [5.74, 6) is -4.37. The predicted octanol–water partition coefficient (Wildman–Crippen LogP) is 4.38. The fourth-order valence-electron chi connectivity index (χ4n) is 11.4. The van der Waals surface area contributed by atoms with E-state index in [0.717, 1.165) is 5.57 Å². The van der Waals surface area contributed by atoms with E-state index in [-0.39, 0.29) is 19.4 Å². The molecule has 1 N–H and O–H groups in total. The number of rotatable bonds is 5. The van der Waals surface area contributed by atoms with Crippen molar-refractivity contribution in [3.05, 3.63) is 23.8 Å². The molecule has 0 saturated heterocycles. The van der Waals surface area contributed by atoms with Crippen molar-refractivity contribution in [1.29, 1.82) is 0 Å². The molecule has 47 heavy (non-hydrogen) atoms. The van der Waals surface area contributed by atoms with Crippen LogP contribution in [0.1, 0.15) is 93.9 Å². The zero-order chi connectivity index (χ0) is 35.0.